The molecule has 1 aliphatic heterocycles. The summed E-state index contributed by atoms with van der Waals surface area (Å²) in [5.41, 5.74) is 2.32. The first-order chi connectivity index (χ1) is 9.45. The molecule has 1 heterocycles. The second-order valence-electron chi connectivity index (χ2n) is 4.37. The molecule has 0 amide bonds. The molecular formula is C17H16N2. The first kappa shape index (κ1) is 11.6. The zero-order valence-electron chi connectivity index (χ0n) is 10.7. The molecule has 0 saturated carbocycles. The SMILES string of the molecule is C1=CCN(N(c2ccccc2)c2ccccc2)C=C1. The van der Waals surface area contributed by atoms with Crippen molar-refractivity contribution in [2.24, 2.45) is 0 Å². The van der Waals surface area contributed by atoms with Gasteiger partial charge < -0.3 is 0 Å². The first-order valence-corrected chi connectivity index (χ1v) is 6.45. The fourth-order valence-electron chi connectivity index (χ4n) is 2.19. The molecule has 0 bridgehead atoms. The van der Waals surface area contributed by atoms with Crippen LogP contribution in [0.4, 0.5) is 11.4 Å². The second-order valence-corrected chi connectivity index (χ2v) is 4.37. The van der Waals surface area contributed by atoms with Gasteiger partial charge in [0.1, 0.15) is 0 Å². The van der Waals surface area contributed by atoms with Crippen LogP contribution in [0.1, 0.15) is 0 Å². The fraction of sp³-hybridized carbons (Fsp3) is 0.0588. The van der Waals surface area contributed by atoms with Crippen LogP contribution in [0.5, 0.6) is 0 Å². The van der Waals surface area contributed by atoms with Crippen LogP contribution < -0.4 is 5.01 Å². The lowest BCUT2D eigenvalue weighted by molar-refractivity contribution is 0.420. The number of nitrogens with zero attached hydrogens (tertiary/aromatic N) is 2. The van der Waals surface area contributed by atoms with Gasteiger partial charge in [-0.25, -0.2) is 0 Å². The zero-order chi connectivity index (χ0) is 12.9. The lowest BCUT2D eigenvalue weighted by Crippen LogP contribution is -2.36. The molecule has 1 aliphatic rings. The van der Waals surface area contributed by atoms with Gasteiger partial charge in [-0.2, -0.15) is 0 Å². The van der Waals surface area contributed by atoms with Crippen LogP contribution in [-0.4, -0.2) is 11.6 Å². The summed E-state index contributed by atoms with van der Waals surface area (Å²) in [5, 5.41) is 4.42. The number of hydrazine groups is 1. The lowest BCUT2D eigenvalue weighted by Gasteiger charge is -2.36. The average Bonchev–Trinajstić information content (AvgIpc) is 2.51. The highest BCUT2D eigenvalue weighted by Gasteiger charge is 2.14. The van der Waals surface area contributed by atoms with Crippen molar-refractivity contribution in [3.8, 4) is 0 Å². The van der Waals surface area contributed by atoms with E-state index in [1.807, 2.05) is 12.1 Å². The average molecular weight is 248 g/mol. The zero-order valence-corrected chi connectivity index (χ0v) is 10.7. The van der Waals surface area contributed by atoms with Crippen LogP contribution in [-0.2, 0) is 0 Å². The van der Waals surface area contributed by atoms with Gasteiger partial charge in [0.2, 0.25) is 0 Å². The Balaban J connectivity index is 2.01. The molecule has 2 heteroatoms. The third kappa shape index (κ3) is 2.52. The van der Waals surface area contributed by atoms with Crippen molar-refractivity contribution in [2.75, 3.05) is 11.6 Å². The van der Waals surface area contributed by atoms with Crippen LogP contribution in [0.2, 0.25) is 0 Å². The minimum atomic E-state index is 0.875. The monoisotopic (exact) mass is 248 g/mol. The highest BCUT2D eigenvalue weighted by molar-refractivity contribution is 5.62. The molecule has 0 N–H and O–H groups in total. The number of benzene rings is 2. The number of hydrogen-bond donors (Lipinski definition) is 0. The third-order valence-electron chi connectivity index (χ3n) is 3.06. The molecule has 3 rings (SSSR count). The summed E-state index contributed by atoms with van der Waals surface area (Å²) >= 11 is 0. The van der Waals surface area contributed by atoms with Crippen molar-refractivity contribution in [1.82, 2.24) is 5.01 Å². The Morgan fingerprint density at radius 3 is 1.79 bits per heavy atom. The molecule has 0 fully saturated rings. The Hall–Kier alpha value is -2.48. The summed E-state index contributed by atoms with van der Waals surface area (Å²) < 4.78 is 0. The molecule has 0 unspecified atom stereocenters. The van der Waals surface area contributed by atoms with E-state index in [0.29, 0.717) is 0 Å². The number of rotatable bonds is 3. The maximum absolute atomic E-state index is 2.22. The molecule has 2 aromatic carbocycles. The molecule has 19 heavy (non-hydrogen) atoms. The van der Waals surface area contributed by atoms with Gasteiger partial charge in [0, 0.05) is 6.20 Å². The van der Waals surface area contributed by atoms with E-state index in [9.17, 15) is 0 Å². The summed E-state index contributed by atoms with van der Waals surface area (Å²) in [5.74, 6) is 0. The summed E-state index contributed by atoms with van der Waals surface area (Å²) in [6.07, 6.45) is 8.38. The Bertz CT molecular complexity index is 533. The van der Waals surface area contributed by atoms with Gasteiger partial charge >= 0.3 is 0 Å². The van der Waals surface area contributed by atoms with E-state index >= 15 is 0 Å². The van der Waals surface area contributed by atoms with Crippen LogP contribution >= 0.6 is 0 Å². The van der Waals surface area contributed by atoms with E-state index in [1.165, 1.54) is 0 Å². The predicted molar refractivity (Wildman–Crippen MR) is 80.0 cm³/mol. The lowest BCUT2D eigenvalue weighted by atomic mass is 10.2. The summed E-state index contributed by atoms with van der Waals surface area (Å²) in [7, 11) is 0. The van der Waals surface area contributed by atoms with Gasteiger partial charge in [-0.1, -0.05) is 48.6 Å². The van der Waals surface area contributed by atoms with Gasteiger partial charge in [-0.3, -0.25) is 10.0 Å². The molecule has 0 spiro atoms. The van der Waals surface area contributed by atoms with Crippen LogP contribution in [0, 0.1) is 0 Å². The minimum Gasteiger partial charge on any atom is -0.284 e. The van der Waals surface area contributed by atoms with E-state index in [2.05, 4.69) is 83.0 Å². The van der Waals surface area contributed by atoms with Crippen LogP contribution in [0.15, 0.2) is 85.1 Å². The van der Waals surface area contributed by atoms with Crippen LogP contribution in [0.25, 0.3) is 0 Å². The maximum atomic E-state index is 2.22. The summed E-state index contributed by atoms with van der Waals surface area (Å²) in [6, 6.07) is 20.8. The van der Waals surface area contributed by atoms with E-state index in [4.69, 9.17) is 0 Å². The highest BCUT2D eigenvalue weighted by Crippen LogP contribution is 2.27. The predicted octanol–water partition coefficient (Wildman–Crippen LogP) is 4.13. The molecule has 0 saturated heterocycles. The first-order valence-electron chi connectivity index (χ1n) is 6.45. The maximum Gasteiger partial charge on any atom is 0.0632 e. The topological polar surface area (TPSA) is 6.48 Å². The third-order valence-corrected chi connectivity index (χ3v) is 3.06. The van der Waals surface area contributed by atoms with Crippen molar-refractivity contribution >= 4 is 11.4 Å². The van der Waals surface area contributed by atoms with Crippen molar-refractivity contribution in [1.29, 1.82) is 0 Å². The number of hydrogen-bond acceptors (Lipinski definition) is 2. The Labute approximate surface area is 113 Å². The normalized spacial score (nSPS) is 13.6. The Morgan fingerprint density at radius 2 is 1.32 bits per heavy atom. The van der Waals surface area contributed by atoms with Gasteiger partial charge in [0.15, 0.2) is 0 Å². The van der Waals surface area contributed by atoms with Crippen molar-refractivity contribution < 1.29 is 0 Å². The Kier molecular flexibility index (Phi) is 3.32. The van der Waals surface area contributed by atoms with Gasteiger partial charge in [0.25, 0.3) is 0 Å². The Morgan fingerprint density at radius 1 is 0.737 bits per heavy atom. The number of para-hydroxylation sites is 2. The minimum absolute atomic E-state index is 0.875. The van der Waals surface area contributed by atoms with Crippen molar-refractivity contribution in [2.45, 2.75) is 0 Å². The van der Waals surface area contributed by atoms with Gasteiger partial charge in [-0.15, -0.1) is 0 Å². The van der Waals surface area contributed by atoms with E-state index in [-0.39, 0.29) is 0 Å². The standard InChI is InChI=1S/C17H16N2/c1-4-10-16(11-5-1)19(17-12-6-2-7-13-17)18-14-8-3-9-15-18/h1-14H,15H2. The summed E-state index contributed by atoms with van der Waals surface area (Å²) in [4.78, 5) is 0. The van der Waals surface area contributed by atoms with E-state index in [1.54, 1.807) is 0 Å². The fourth-order valence-corrected chi connectivity index (χ4v) is 2.19. The molecule has 2 aromatic rings. The van der Waals surface area contributed by atoms with Gasteiger partial charge in [-0.05, 0) is 30.3 Å². The largest absolute Gasteiger partial charge is 0.284 e. The molecule has 0 atom stereocenters. The number of anilines is 2. The molecule has 0 radical (unpaired) electrons. The molecule has 94 valence electrons. The van der Waals surface area contributed by atoms with Crippen molar-refractivity contribution in [3.05, 3.63) is 85.1 Å². The molecule has 0 aliphatic carbocycles. The number of allylic oxidation sites excluding steroid dienone is 2. The molecule has 2 nitrogen and oxygen atoms in total. The van der Waals surface area contributed by atoms with E-state index < -0.39 is 0 Å². The highest BCUT2D eigenvalue weighted by atomic mass is 15.6. The second kappa shape index (κ2) is 5.44. The van der Waals surface area contributed by atoms with Crippen LogP contribution in [0.3, 0.4) is 0 Å². The summed E-state index contributed by atoms with van der Waals surface area (Å²) in [6.45, 7) is 0.875. The molecule has 0 aromatic heterocycles. The van der Waals surface area contributed by atoms with Crippen molar-refractivity contribution in [3.63, 3.8) is 0 Å². The quantitative estimate of drug-likeness (QED) is 0.806. The van der Waals surface area contributed by atoms with E-state index in [0.717, 1.165) is 17.9 Å². The smallest absolute Gasteiger partial charge is 0.0632 e. The molecular weight excluding hydrogens is 232 g/mol. The van der Waals surface area contributed by atoms with Gasteiger partial charge in [0.05, 0.1) is 17.9 Å².